The van der Waals surface area contributed by atoms with Crippen LogP contribution in [0, 0.1) is 6.92 Å². The van der Waals surface area contributed by atoms with E-state index in [1.807, 2.05) is 67.9 Å². The first-order chi connectivity index (χ1) is 12.6. The molecule has 1 N–H and O–H groups in total. The van der Waals surface area contributed by atoms with E-state index in [9.17, 15) is 4.79 Å². The fraction of sp³-hybridized carbons (Fsp3) is 0.333. The average Bonchev–Trinajstić information content (AvgIpc) is 3.06. The van der Waals surface area contributed by atoms with Gasteiger partial charge in [-0.1, -0.05) is 43.3 Å². The van der Waals surface area contributed by atoms with Gasteiger partial charge in [-0.2, -0.15) is 0 Å². The van der Waals surface area contributed by atoms with Crippen LogP contribution in [0.15, 0.2) is 54.7 Å². The Balaban J connectivity index is 1.62. The summed E-state index contributed by atoms with van der Waals surface area (Å²) in [6, 6.07) is 16.1. The van der Waals surface area contributed by atoms with Crippen LogP contribution < -0.4 is 5.32 Å². The average molecular weight is 350 g/mol. The van der Waals surface area contributed by atoms with E-state index in [-0.39, 0.29) is 11.9 Å². The molecule has 5 nitrogen and oxygen atoms in total. The summed E-state index contributed by atoms with van der Waals surface area (Å²) in [6.45, 7) is 5.28. The molecule has 3 aromatic rings. The largest absolute Gasteiger partial charge is 0.349 e. The highest BCUT2D eigenvalue weighted by Crippen LogP contribution is 2.11. The van der Waals surface area contributed by atoms with Gasteiger partial charge < -0.3 is 9.72 Å². The Kier molecular flexibility index (Phi) is 5.68. The SMILES string of the molecule is CC[C@H](C(=O)NCc1cn2c(C)cccc2n1)N(C)Cc1ccccc1. The molecule has 1 aromatic carbocycles. The summed E-state index contributed by atoms with van der Waals surface area (Å²) >= 11 is 0. The highest BCUT2D eigenvalue weighted by molar-refractivity contribution is 5.81. The zero-order chi connectivity index (χ0) is 18.5. The minimum atomic E-state index is -0.158. The number of nitrogens with one attached hydrogen (secondary N) is 1. The van der Waals surface area contributed by atoms with Gasteiger partial charge in [0.2, 0.25) is 5.91 Å². The molecular weight excluding hydrogens is 324 g/mol. The van der Waals surface area contributed by atoms with Crippen LogP contribution in [-0.2, 0) is 17.9 Å². The minimum Gasteiger partial charge on any atom is -0.349 e. The van der Waals surface area contributed by atoms with E-state index < -0.39 is 0 Å². The predicted octanol–water partition coefficient (Wildman–Crippen LogP) is 3.17. The van der Waals surface area contributed by atoms with Crippen molar-refractivity contribution >= 4 is 11.6 Å². The van der Waals surface area contributed by atoms with Gasteiger partial charge in [0, 0.05) is 18.4 Å². The van der Waals surface area contributed by atoms with Crippen molar-refractivity contribution in [3.05, 3.63) is 71.7 Å². The van der Waals surface area contributed by atoms with Gasteiger partial charge in [-0.05, 0) is 38.1 Å². The van der Waals surface area contributed by atoms with Gasteiger partial charge in [0.1, 0.15) is 5.65 Å². The summed E-state index contributed by atoms with van der Waals surface area (Å²) in [5.41, 5.74) is 4.11. The van der Waals surface area contributed by atoms with E-state index >= 15 is 0 Å². The molecule has 2 aromatic heterocycles. The molecule has 26 heavy (non-hydrogen) atoms. The first-order valence-electron chi connectivity index (χ1n) is 9.04. The van der Waals surface area contributed by atoms with E-state index in [0.717, 1.165) is 30.0 Å². The monoisotopic (exact) mass is 350 g/mol. The number of imidazole rings is 1. The number of amides is 1. The van der Waals surface area contributed by atoms with Gasteiger partial charge in [-0.3, -0.25) is 9.69 Å². The number of hydrogen-bond acceptors (Lipinski definition) is 3. The second kappa shape index (κ2) is 8.15. The van der Waals surface area contributed by atoms with Crippen LogP contribution in [0.5, 0.6) is 0 Å². The van der Waals surface area contributed by atoms with Crippen LogP contribution in [0.1, 0.15) is 30.3 Å². The first kappa shape index (κ1) is 18.1. The number of benzene rings is 1. The Bertz CT molecular complexity index is 872. The lowest BCUT2D eigenvalue weighted by Gasteiger charge is -2.26. The Morgan fingerprint density at radius 3 is 2.65 bits per heavy atom. The highest BCUT2D eigenvalue weighted by Gasteiger charge is 2.21. The van der Waals surface area contributed by atoms with Crippen molar-refractivity contribution in [1.82, 2.24) is 19.6 Å². The summed E-state index contributed by atoms with van der Waals surface area (Å²) in [4.78, 5) is 19.3. The quantitative estimate of drug-likeness (QED) is 0.712. The maximum absolute atomic E-state index is 12.7. The molecule has 5 heteroatoms. The highest BCUT2D eigenvalue weighted by atomic mass is 16.2. The normalized spacial score (nSPS) is 12.5. The molecule has 0 bridgehead atoms. The molecule has 3 rings (SSSR count). The van der Waals surface area contributed by atoms with Crippen molar-refractivity contribution in [2.45, 2.75) is 39.4 Å². The van der Waals surface area contributed by atoms with Crippen molar-refractivity contribution in [2.75, 3.05) is 7.05 Å². The van der Waals surface area contributed by atoms with E-state index in [1.165, 1.54) is 5.56 Å². The van der Waals surface area contributed by atoms with E-state index in [0.29, 0.717) is 6.54 Å². The van der Waals surface area contributed by atoms with Crippen LogP contribution >= 0.6 is 0 Å². The molecular formula is C21H26N4O. The molecule has 1 atom stereocenters. The molecule has 2 heterocycles. The van der Waals surface area contributed by atoms with E-state index in [4.69, 9.17) is 0 Å². The molecule has 0 spiro atoms. The topological polar surface area (TPSA) is 49.6 Å². The maximum atomic E-state index is 12.7. The third-order valence-electron chi connectivity index (χ3n) is 4.69. The standard InChI is InChI=1S/C21H26N4O/c1-4-19(24(3)14-17-10-6-5-7-11-17)21(26)22-13-18-15-25-16(2)9-8-12-20(25)23-18/h5-12,15,19H,4,13-14H2,1-3H3,(H,22,26)/t19-/m1/s1. The zero-order valence-corrected chi connectivity index (χ0v) is 15.6. The van der Waals surface area contributed by atoms with Gasteiger partial charge in [0.05, 0.1) is 18.3 Å². The van der Waals surface area contributed by atoms with Crippen molar-refractivity contribution in [3.63, 3.8) is 0 Å². The Morgan fingerprint density at radius 2 is 1.96 bits per heavy atom. The summed E-state index contributed by atoms with van der Waals surface area (Å²) in [5.74, 6) is 0.0414. The number of rotatable bonds is 7. The molecule has 0 aliphatic heterocycles. The second-order valence-electron chi connectivity index (χ2n) is 6.67. The predicted molar refractivity (Wildman–Crippen MR) is 104 cm³/mol. The number of aromatic nitrogens is 2. The third kappa shape index (κ3) is 4.11. The fourth-order valence-electron chi connectivity index (χ4n) is 3.26. The molecule has 1 amide bonds. The molecule has 0 fully saturated rings. The number of hydrogen-bond donors (Lipinski definition) is 1. The summed E-state index contributed by atoms with van der Waals surface area (Å²) in [5, 5.41) is 3.04. The van der Waals surface area contributed by atoms with Crippen LogP contribution in [0.25, 0.3) is 5.65 Å². The van der Waals surface area contributed by atoms with Gasteiger partial charge in [0.25, 0.3) is 0 Å². The summed E-state index contributed by atoms with van der Waals surface area (Å²) in [7, 11) is 2.00. The number of likely N-dealkylation sites (N-methyl/N-ethyl adjacent to an activating group) is 1. The Hall–Kier alpha value is -2.66. The number of pyridine rings is 1. The van der Waals surface area contributed by atoms with E-state index in [2.05, 4.69) is 27.3 Å². The zero-order valence-electron chi connectivity index (χ0n) is 15.6. The molecule has 0 saturated heterocycles. The maximum Gasteiger partial charge on any atom is 0.237 e. The Morgan fingerprint density at radius 1 is 1.19 bits per heavy atom. The number of fused-ring (bicyclic) bond motifs is 1. The van der Waals surface area contributed by atoms with Gasteiger partial charge in [0.15, 0.2) is 0 Å². The van der Waals surface area contributed by atoms with Crippen LogP contribution in [0.4, 0.5) is 0 Å². The number of aryl methyl sites for hydroxylation is 1. The lowest BCUT2D eigenvalue weighted by Crippen LogP contribution is -2.44. The van der Waals surface area contributed by atoms with Crippen molar-refractivity contribution < 1.29 is 4.79 Å². The lowest BCUT2D eigenvalue weighted by molar-refractivity contribution is -0.126. The van der Waals surface area contributed by atoms with Crippen molar-refractivity contribution in [1.29, 1.82) is 0 Å². The molecule has 0 radical (unpaired) electrons. The summed E-state index contributed by atoms with van der Waals surface area (Å²) < 4.78 is 2.04. The van der Waals surface area contributed by atoms with Crippen molar-refractivity contribution in [2.24, 2.45) is 0 Å². The van der Waals surface area contributed by atoms with Crippen LogP contribution in [0.2, 0.25) is 0 Å². The number of carbonyl (C=O) groups is 1. The Labute approximate surface area is 154 Å². The van der Waals surface area contributed by atoms with Crippen LogP contribution in [0.3, 0.4) is 0 Å². The second-order valence-corrected chi connectivity index (χ2v) is 6.67. The van der Waals surface area contributed by atoms with Crippen LogP contribution in [-0.4, -0.2) is 33.3 Å². The van der Waals surface area contributed by atoms with E-state index in [1.54, 1.807) is 0 Å². The first-order valence-corrected chi connectivity index (χ1v) is 9.04. The third-order valence-corrected chi connectivity index (χ3v) is 4.69. The minimum absolute atomic E-state index is 0.0414. The van der Waals surface area contributed by atoms with Gasteiger partial charge in [-0.25, -0.2) is 4.98 Å². The molecule has 136 valence electrons. The fourth-order valence-corrected chi connectivity index (χ4v) is 3.26. The summed E-state index contributed by atoms with van der Waals surface area (Å²) in [6.07, 6.45) is 2.75. The molecule has 0 saturated carbocycles. The lowest BCUT2D eigenvalue weighted by atomic mass is 10.1. The van der Waals surface area contributed by atoms with Gasteiger partial charge >= 0.3 is 0 Å². The smallest absolute Gasteiger partial charge is 0.237 e. The number of carbonyl (C=O) groups excluding carboxylic acids is 1. The van der Waals surface area contributed by atoms with Gasteiger partial charge in [-0.15, -0.1) is 0 Å². The molecule has 0 unspecified atom stereocenters. The number of nitrogens with zero attached hydrogens (tertiary/aromatic N) is 3. The molecule has 0 aliphatic carbocycles. The molecule has 0 aliphatic rings. The van der Waals surface area contributed by atoms with Crippen molar-refractivity contribution in [3.8, 4) is 0 Å².